The van der Waals surface area contributed by atoms with E-state index < -0.39 is 0 Å². The molecule has 0 amide bonds. The Hall–Kier alpha value is -1.30. The van der Waals surface area contributed by atoms with E-state index in [-0.39, 0.29) is 6.04 Å². The molecule has 0 saturated carbocycles. The summed E-state index contributed by atoms with van der Waals surface area (Å²) in [6.45, 7) is 5.66. The highest BCUT2D eigenvalue weighted by Gasteiger charge is 2.23. The van der Waals surface area contributed by atoms with Crippen molar-refractivity contribution in [3.05, 3.63) is 35.9 Å². The maximum absolute atomic E-state index is 5.58. The van der Waals surface area contributed by atoms with Crippen LogP contribution in [0.15, 0.2) is 30.3 Å². The van der Waals surface area contributed by atoms with E-state index in [9.17, 15) is 0 Å². The molecular formula is C18H26N2. The summed E-state index contributed by atoms with van der Waals surface area (Å²) < 4.78 is 0. The molecule has 108 valence electrons. The lowest BCUT2D eigenvalue weighted by Crippen LogP contribution is -2.39. The Morgan fingerprint density at radius 2 is 2.20 bits per heavy atom. The van der Waals surface area contributed by atoms with Crippen molar-refractivity contribution in [2.75, 3.05) is 19.6 Å². The van der Waals surface area contributed by atoms with Gasteiger partial charge in [0.1, 0.15) is 0 Å². The number of rotatable bonds is 7. The number of nitrogens with zero attached hydrogens (tertiary/aromatic N) is 1. The normalized spacial score (nSPS) is 20.7. The van der Waals surface area contributed by atoms with Crippen LogP contribution >= 0.6 is 0 Å². The first kappa shape index (κ1) is 15.1. The summed E-state index contributed by atoms with van der Waals surface area (Å²) >= 11 is 0. The Morgan fingerprint density at radius 3 is 2.90 bits per heavy atom. The minimum atomic E-state index is 0.249. The van der Waals surface area contributed by atoms with Gasteiger partial charge in [-0.05, 0) is 31.4 Å². The Balaban J connectivity index is 1.71. The van der Waals surface area contributed by atoms with Gasteiger partial charge in [-0.1, -0.05) is 49.6 Å². The summed E-state index contributed by atoms with van der Waals surface area (Å²) in [4.78, 5) is 2.55. The second-order valence-electron chi connectivity index (χ2n) is 5.70. The largest absolute Gasteiger partial charge is 0.301 e. The summed E-state index contributed by atoms with van der Waals surface area (Å²) in [6, 6.07) is 11.5. The fraction of sp³-hybridized carbons (Fsp3) is 0.556. The van der Waals surface area contributed by atoms with Crippen LogP contribution in [-0.2, 0) is 6.42 Å². The van der Waals surface area contributed by atoms with Gasteiger partial charge in [0.25, 0.3) is 0 Å². The number of likely N-dealkylation sites (tertiary alicyclic amines) is 1. The predicted molar refractivity (Wildman–Crippen MR) is 85.7 cm³/mol. The molecule has 2 atom stereocenters. The first-order chi connectivity index (χ1) is 9.81. The average molecular weight is 270 g/mol. The molecule has 1 aromatic carbocycles. The van der Waals surface area contributed by atoms with E-state index in [1.807, 2.05) is 0 Å². The van der Waals surface area contributed by atoms with E-state index in [1.54, 1.807) is 0 Å². The summed E-state index contributed by atoms with van der Waals surface area (Å²) in [6.07, 6.45) is 10.2. The molecule has 1 aliphatic heterocycles. The summed E-state index contributed by atoms with van der Waals surface area (Å²) in [5.74, 6) is 2.87. The van der Waals surface area contributed by atoms with Gasteiger partial charge in [-0.3, -0.25) is 5.32 Å². The van der Waals surface area contributed by atoms with Crippen LogP contribution in [0.4, 0.5) is 0 Å². The van der Waals surface area contributed by atoms with Crippen molar-refractivity contribution in [1.82, 2.24) is 10.2 Å². The van der Waals surface area contributed by atoms with Crippen LogP contribution in [0.25, 0.3) is 0 Å². The first-order valence-corrected chi connectivity index (χ1v) is 7.80. The van der Waals surface area contributed by atoms with Crippen molar-refractivity contribution in [2.24, 2.45) is 0 Å². The van der Waals surface area contributed by atoms with E-state index >= 15 is 0 Å². The van der Waals surface area contributed by atoms with Gasteiger partial charge in [-0.15, -0.1) is 6.42 Å². The van der Waals surface area contributed by atoms with Gasteiger partial charge >= 0.3 is 0 Å². The highest BCUT2D eigenvalue weighted by Crippen LogP contribution is 2.12. The van der Waals surface area contributed by atoms with E-state index in [1.165, 1.54) is 18.5 Å². The lowest BCUT2D eigenvalue weighted by atomic mass is 10.1. The number of nitrogens with one attached hydrogen (secondary N) is 1. The fourth-order valence-corrected chi connectivity index (χ4v) is 2.89. The monoisotopic (exact) mass is 270 g/mol. The van der Waals surface area contributed by atoms with Crippen molar-refractivity contribution in [1.29, 1.82) is 0 Å². The highest BCUT2D eigenvalue weighted by atomic mass is 15.2. The molecular weight excluding hydrogens is 244 g/mol. The first-order valence-electron chi connectivity index (χ1n) is 7.80. The summed E-state index contributed by atoms with van der Waals surface area (Å²) in [5.41, 5.74) is 1.43. The van der Waals surface area contributed by atoms with Crippen molar-refractivity contribution in [3.8, 4) is 12.3 Å². The van der Waals surface area contributed by atoms with Crippen LogP contribution in [0.3, 0.4) is 0 Å². The molecule has 2 nitrogen and oxygen atoms in total. The Bertz CT molecular complexity index is 421. The minimum absolute atomic E-state index is 0.249. The predicted octanol–water partition coefficient (Wildman–Crippen LogP) is 2.69. The van der Waals surface area contributed by atoms with Crippen LogP contribution < -0.4 is 5.32 Å². The number of hydrogen-bond acceptors (Lipinski definition) is 2. The van der Waals surface area contributed by atoms with Gasteiger partial charge in [0.2, 0.25) is 0 Å². The highest BCUT2D eigenvalue weighted by molar-refractivity contribution is 5.15. The van der Waals surface area contributed by atoms with Crippen molar-refractivity contribution >= 4 is 0 Å². The Labute approximate surface area is 123 Å². The molecule has 1 aromatic rings. The van der Waals surface area contributed by atoms with Crippen LogP contribution in [0.5, 0.6) is 0 Å². The lowest BCUT2D eigenvalue weighted by molar-refractivity contribution is 0.328. The zero-order valence-corrected chi connectivity index (χ0v) is 12.5. The molecule has 1 saturated heterocycles. The van der Waals surface area contributed by atoms with Gasteiger partial charge in [0, 0.05) is 19.1 Å². The molecule has 0 aromatic heterocycles. The average Bonchev–Trinajstić information content (AvgIpc) is 2.93. The molecule has 2 unspecified atom stereocenters. The smallest absolute Gasteiger partial charge is 0.0689 e. The van der Waals surface area contributed by atoms with Crippen molar-refractivity contribution in [3.63, 3.8) is 0 Å². The van der Waals surface area contributed by atoms with E-state index in [0.29, 0.717) is 6.04 Å². The molecule has 2 heteroatoms. The number of hydrogen-bond donors (Lipinski definition) is 1. The van der Waals surface area contributed by atoms with Crippen LogP contribution in [0.2, 0.25) is 0 Å². The third-order valence-electron chi connectivity index (χ3n) is 4.05. The molecule has 20 heavy (non-hydrogen) atoms. The van der Waals surface area contributed by atoms with E-state index in [2.05, 4.69) is 53.4 Å². The maximum Gasteiger partial charge on any atom is 0.0689 e. The maximum atomic E-state index is 5.58. The van der Waals surface area contributed by atoms with Gasteiger partial charge in [-0.25, -0.2) is 0 Å². The van der Waals surface area contributed by atoms with Crippen molar-refractivity contribution in [2.45, 2.75) is 44.7 Å². The molecule has 0 radical (unpaired) electrons. The fourth-order valence-electron chi connectivity index (χ4n) is 2.89. The summed E-state index contributed by atoms with van der Waals surface area (Å²) in [7, 11) is 0. The zero-order chi connectivity index (χ0) is 14.2. The molecule has 2 rings (SSSR count). The Morgan fingerprint density at radius 1 is 1.40 bits per heavy atom. The molecule has 1 fully saturated rings. The number of terminal acetylenes is 1. The van der Waals surface area contributed by atoms with Gasteiger partial charge in [0.15, 0.2) is 0 Å². The van der Waals surface area contributed by atoms with Gasteiger partial charge in [-0.2, -0.15) is 0 Å². The van der Waals surface area contributed by atoms with E-state index in [0.717, 1.165) is 32.4 Å². The second kappa shape index (κ2) is 8.09. The standard InChI is InChI=1S/C18H26N2/c1-3-8-17(4-2)19-18-12-14-20(15-18)13-11-16-9-6-5-7-10-16/h2,5-7,9-10,17-19H,3,8,11-15H2,1H3. The minimum Gasteiger partial charge on any atom is -0.301 e. The van der Waals surface area contributed by atoms with Crippen LogP contribution in [0, 0.1) is 12.3 Å². The second-order valence-corrected chi connectivity index (χ2v) is 5.70. The molecule has 1 aliphatic rings. The van der Waals surface area contributed by atoms with Gasteiger partial charge < -0.3 is 4.90 Å². The third kappa shape index (κ3) is 4.67. The van der Waals surface area contributed by atoms with E-state index in [4.69, 9.17) is 6.42 Å². The SMILES string of the molecule is C#CC(CCC)NC1CCN(CCc2ccccc2)C1. The van der Waals surface area contributed by atoms with Crippen LogP contribution in [0.1, 0.15) is 31.7 Å². The quantitative estimate of drug-likeness (QED) is 0.766. The molecule has 1 N–H and O–H groups in total. The molecule has 1 heterocycles. The topological polar surface area (TPSA) is 15.3 Å². The lowest BCUT2D eigenvalue weighted by Gasteiger charge is -2.19. The third-order valence-corrected chi connectivity index (χ3v) is 4.05. The molecule has 0 bridgehead atoms. The van der Waals surface area contributed by atoms with Gasteiger partial charge in [0.05, 0.1) is 6.04 Å². The summed E-state index contributed by atoms with van der Waals surface area (Å²) in [5, 5.41) is 3.62. The molecule has 0 aliphatic carbocycles. The number of benzene rings is 1. The zero-order valence-electron chi connectivity index (χ0n) is 12.5. The van der Waals surface area contributed by atoms with Crippen molar-refractivity contribution < 1.29 is 0 Å². The molecule has 0 spiro atoms. The Kier molecular flexibility index (Phi) is 6.11. The van der Waals surface area contributed by atoms with Crippen LogP contribution in [-0.4, -0.2) is 36.6 Å².